The van der Waals surface area contributed by atoms with E-state index in [9.17, 15) is 9.59 Å². The van der Waals surface area contributed by atoms with Gasteiger partial charge in [-0.25, -0.2) is 0 Å². The molecule has 1 aliphatic heterocycles. The van der Waals surface area contributed by atoms with Gasteiger partial charge in [-0.05, 0) is 49.3 Å². The molecule has 0 bridgehead atoms. The molecule has 1 saturated carbocycles. The predicted molar refractivity (Wildman–Crippen MR) is 136 cm³/mol. The highest BCUT2D eigenvalue weighted by atomic mass is 32.1. The van der Waals surface area contributed by atoms with Crippen LogP contribution in [0.25, 0.3) is 11.4 Å². The number of thiophene rings is 1. The van der Waals surface area contributed by atoms with Crippen molar-refractivity contribution in [2.45, 2.75) is 70.2 Å². The quantitative estimate of drug-likeness (QED) is 0.475. The number of hydrogen-bond donors (Lipinski definition) is 1. The summed E-state index contributed by atoms with van der Waals surface area (Å²) in [4.78, 5) is 31.1. The van der Waals surface area contributed by atoms with Crippen molar-refractivity contribution in [2.75, 3.05) is 13.2 Å². The summed E-state index contributed by atoms with van der Waals surface area (Å²) in [5.74, 6) is 0.0863. The maximum absolute atomic E-state index is 13.7. The average Bonchev–Trinajstić information content (AvgIpc) is 3.68. The molecule has 2 amide bonds. The molecular formula is C26H32N6O3S. The Labute approximate surface area is 214 Å². The first-order valence-electron chi connectivity index (χ1n) is 12.7. The Balaban J connectivity index is 1.38. The Bertz CT molecular complexity index is 1150. The number of benzene rings is 1. The third-order valence-electron chi connectivity index (χ3n) is 6.86. The number of carbonyl (C=O) groups is 2. The number of rotatable bonds is 9. The van der Waals surface area contributed by atoms with E-state index in [-0.39, 0.29) is 30.5 Å². The fourth-order valence-electron chi connectivity index (χ4n) is 4.92. The van der Waals surface area contributed by atoms with E-state index in [1.54, 1.807) is 4.90 Å². The van der Waals surface area contributed by atoms with Crippen LogP contribution in [0.3, 0.4) is 0 Å². The van der Waals surface area contributed by atoms with Crippen LogP contribution in [0.5, 0.6) is 0 Å². The molecule has 3 aromatic rings. The van der Waals surface area contributed by atoms with Gasteiger partial charge in [-0.3, -0.25) is 9.59 Å². The molecule has 2 aliphatic rings. The van der Waals surface area contributed by atoms with Crippen LogP contribution in [0.2, 0.25) is 0 Å². The van der Waals surface area contributed by atoms with Crippen molar-refractivity contribution in [3.63, 3.8) is 0 Å². The SMILES string of the molecule is Cc1ccc(-c2nnn(CC(=O)N(CC3CCCO3)C(C(=O)NC3CCCC3)c3cccs3)n2)cc1. The summed E-state index contributed by atoms with van der Waals surface area (Å²) >= 11 is 1.48. The van der Waals surface area contributed by atoms with Crippen molar-refractivity contribution < 1.29 is 14.3 Å². The fraction of sp³-hybridized carbons (Fsp3) is 0.500. The zero-order chi connectivity index (χ0) is 24.9. The third-order valence-corrected chi connectivity index (χ3v) is 7.78. The fourth-order valence-corrected chi connectivity index (χ4v) is 5.76. The van der Waals surface area contributed by atoms with Crippen molar-refractivity contribution in [3.05, 3.63) is 52.2 Å². The second-order valence-corrected chi connectivity index (χ2v) is 10.6. The number of aromatic nitrogens is 4. The highest BCUT2D eigenvalue weighted by Gasteiger charge is 2.36. The van der Waals surface area contributed by atoms with Crippen molar-refractivity contribution in [1.29, 1.82) is 0 Å². The topological polar surface area (TPSA) is 102 Å². The number of nitrogens with one attached hydrogen (secondary N) is 1. The molecule has 2 aromatic heterocycles. The lowest BCUT2D eigenvalue weighted by molar-refractivity contribution is -0.143. The normalized spacial score (nSPS) is 18.9. The first kappa shape index (κ1) is 24.6. The lowest BCUT2D eigenvalue weighted by Crippen LogP contribution is -2.49. The monoisotopic (exact) mass is 508 g/mol. The second kappa shape index (κ2) is 11.3. The zero-order valence-corrected chi connectivity index (χ0v) is 21.3. The van der Waals surface area contributed by atoms with Gasteiger partial charge in [0, 0.05) is 29.6 Å². The van der Waals surface area contributed by atoms with Gasteiger partial charge in [0.25, 0.3) is 0 Å². The molecule has 2 atom stereocenters. The van der Waals surface area contributed by atoms with E-state index in [1.807, 2.05) is 48.7 Å². The predicted octanol–water partition coefficient (Wildman–Crippen LogP) is 3.52. The summed E-state index contributed by atoms with van der Waals surface area (Å²) < 4.78 is 5.86. The van der Waals surface area contributed by atoms with Crippen molar-refractivity contribution in [3.8, 4) is 11.4 Å². The Morgan fingerprint density at radius 3 is 2.67 bits per heavy atom. The molecule has 1 N–H and O–H groups in total. The van der Waals surface area contributed by atoms with Crippen molar-refractivity contribution in [2.24, 2.45) is 0 Å². The van der Waals surface area contributed by atoms with E-state index in [0.717, 1.165) is 54.5 Å². The summed E-state index contributed by atoms with van der Waals surface area (Å²) in [6.07, 6.45) is 5.92. The van der Waals surface area contributed by atoms with Crippen molar-refractivity contribution in [1.82, 2.24) is 30.4 Å². The van der Waals surface area contributed by atoms with E-state index in [0.29, 0.717) is 19.0 Å². The van der Waals surface area contributed by atoms with E-state index in [1.165, 1.54) is 16.1 Å². The summed E-state index contributed by atoms with van der Waals surface area (Å²) in [7, 11) is 0. The van der Waals surface area contributed by atoms with Crippen LogP contribution in [0.15, 0.2) is 41.8 Å². The molecule has 2 unspecified atom stereocenters. The van der Waals surface area contributed by atoms with Gasteiger partial charge in [0.15, 0.2) is 0 Å². The Kier molecular flexibility index (Phi) is 7.72. The van der Waals surface area contributed by atoms with E-state index < -0.39 is 6.04 Å². The van der Waals surface area contributed by atoms with E-state index >= 15 is 0 Å². The number of ether oxygens (including phenoxy) is 1. The molecule has 36 heavy (non-hydrogen) atoms. The van der Waals surface area contributed by atoms with Gasteiger partial charge in [0.05, 0.1) is 6.10 Å². The maximum Gasteiger partial charge on any atom is 0.248 e. The van der Waals surface area contributed by atoms with E-state index in [4.69, 9.17) is 4.74 Å². The molecule has 10 heteroatoms. The number of amides is 2. The highest BCUT2D eigenvalue weighted by Crippen LogP contribution is 2.29. The lowest BCUT2D eigenvalue weighted by Gasteiger charge is -2.32. The van der Waals surface area contributed by atoms with Crippen LogP contribution in [0, 0.1) is 6.92 Å². The molecule has 1 saturated heterocycles. The van der Waals surface area contributed by atoms with Crippen LogP contribution < -0.4 is 5.32 Å². The average molecular weight is 509 g/mol. The minimum absolute atomic E-state index is 0.0949. The molecule has 1 aliphatic carbocycles. The highest BCUT2D eigenvalue weighted by molar-refractivity contribution is 7.10. The Hall–Kier alpha value is -3.11. The standard InChI is InChI=1S/C26H32N6O3S/c1-18-10-12-19(13-11-18)25-28-30-32(29-25)17-23(33)31(16-21-8-4-14-35-21)24(22-9-5-15-36-22)26(34)27-20-6-2-3-7-20/h5,9-13,15,20-21,24H,2-4,6-8,14,16-17H2,1H3,(H,27,34). The van der Waals surface area contributed by atoms with Crippen LogP contribution in [0.4, 0.5) is 0 Å². The number of aryl methyl sites for hydroxylation is 1. The Morgan fingerprint density at radius 2 is 1.97 bits per heavy atom. The molecular weight excluding hydrogens is 476 g/mol. The lowest BCUT2D eigenvalue weighted by atomic mass is 10.1. The number of carbonyl (C=O) groups excluding carboxylic acids is 2. The maximum atomic E-state index is 13.7. The van der Waals surface area contributed by atoms with Crippen LogP contribution in [-0.2, 0) is 20.9 Å². The second-order valence-electron chi connectivity index (χ2n) is 9.60. The molecule has 0 spiro atoms. The summed E-state index contributed by atoms with van der Waals surface area (Å²) in [6, 6.07) is 11.1. The summed E-state index contributed by atoms with van der Waals surface area (Å²) in [6.45, 7) is 2.93. The number of tetrazole rings is 1. The number of nitrogens with zero attached hydrogens (tertiary/aromatic N) is 5. The molecule has 190 valence electrons. The van der Waals surface area contributed by atoms with E-state index in [2.05, 4.69) is 20.7 Å². The third kappa shape index (κ3) is 5.82. The van der Waals surface area contributed by atoms with Gasteiger partial charge < -0.3 is 15.0 Å². The zero-order valence-electron chi connectivity index (χ0n) is 20.5. The Morgan fingerprint density at radius 1 is 1.17 bits per heavy atom. The molecule has 3 heterocycles. The van der Waals surface area contributed by atoms with Crippen LogP contribution in [0.1, 0.15) is 55.0 Å². The van der Waals surface area contributed by atoms with Gasteiger partial charge in [-0.15, -0.1) is 21.5 Å². The van der Waals surface area contributed by atoms with Gasteiger partial charge in [-0.2, -0.15) is 4.80 Å². The molecule has 0 radical (unpaired) electrons. The minimum Gasteiger partial charge on any atom is -0.376 e. The first-order valence-corrected chi connectivity index (χ1v) is 13.5. The molecule has 1 aromatic carbocycles. The molecule has 5 rings (SSSR count). The van der Waals surface area contributed by atoms with Gasteiger partial charge in [0.2, 0.25) is 17.6 Å². The smallest absolute Gasteiger partial charge is 0.248 e. The summed E-state index contributed by atoms with van der Waals surface area (Å²) in [5.41, 5.74) is 1.98. The minimum atomic E-state index is -0.720. The molecule has 2 fully saturated rings. The largest absolute Gasteiger partial charge is 0.376 e. The van der Waals surface area contributed by atoms with Crippen LogP contribution >= 0.6 is 11.3 Å². The van der Waals surface area contributed by atoms with Gasteiger partial charge in [-0.1, -0.05) is 48.7 Å². The summed E-state index contributed by atoms with van der Waals surface area (Å²) in [5, 5.41) is 17.8. The van der Waals surface area contributed by atoms with Gasteiger partial charge in [0.1, 0.15) is 12.6 Å². The first-order chi connectivity index (χ1) is 17.6. The number of hydrogen-bond acceptors (Lipinski definition) is 7. The van der Waals surface area contributed by atoms with Crippen LogP contribution in [-0.4, -0.2) is 62.2 Å². The molecule has 9 nitrogen and oxygen atoms in total. The van der Waals surface area contributed by atoms with Gasteiger partial charge >= 0.3 is 0 Å². The van der Waals surface area contributed by atoms with Crippen molar-refractivity contribution >= 4 is 23.2 Å².